The minimum Gasteiger partial charge on any atom is -0.382 e. The van der Waals surface area contributed by atoms with Crippen molar-refractivity contribution < 1.29 is 13.9 Å². The van der Waals surface area contributed by atoms with Crippen molar-refractivity contribution in [3.05, 3.63) is 17.3 Å². The van der Waals surface area contributed by atoms with Gasteiger partial charge in [0.05, 0.1) is 19.4 Å². The van der Waals surface area contributed by atoms with Crippen LogP contribution < -0.4 is 5.32 Å². The lowest BCUT2D eigenvalue weighted by atomic mass is 10.3. The van der Waals surface area contributed by atoms with Crippen LogP contribution in [0.4, 0.5) is 10.2 Å². The van der Waals surface area contributed by atoms with E-state index in [4.69, 9.17) is 21.1 Å². The van der Waals surface area contributed by atoms with Crippen LogP contribution in [0.3, 0.4) is 0 Å². The Hall–Kier alpha value is -0.980. The largest absolute Gasteiger partial charge is 0.382 e. The maximum absolute atomic E-state index is 13.2. The number of nitrogens with one attached hydrogen (secondary N) is 1. The van der Waals surface area contributed by atoms with Crippen molar-refractivity contribution in [1.29, 1.82) is 0 Å². The van der Waals surface area contributed by atoms with Gasteiger partial charge in [0, 0.05) is 20.3 Å². The van der Waals surface area contributed by atoms with E-state index in [0.29, 0.717) is 26.4 Å². The molecule has 0 aliphatic rings. The average Bonchev–Trinajstić information content (AvgIpc) is 2.36. The van der Waals surface area contributed by atoms with Crippen LogP contribution in [-0.4, -0.2) is 43.4 Å². The van der Waals surface area contributed by atoms with E-state index >= 15 is 0 Å². The summed E-state index contributed by atoms with van der Waals surface area (Å²) < 4.78 is 23.3. The zero-order chi connectivity index (χ0) is 13.2. The maximum Gasteiger partial charge on any atom is 0.224 e. The summed E-state index contributed by atoms with van der Waals surface area (Å²) in [6, 6.07) is 0. The summed E-state index contributed by atoms with van der Waals surface area (Å²) in [5.41, 5.74) is 0. The number of methoxy groups -OCH3 is 1. The molecule has 0 bridgehead atoms. The molecule has 0 saturated carbocycles. The summed E-state index contributed by atoms with van der Waals surface area (Å²) in [6.45, 7) is 2.47. The van der Waals surface area contributed by atoms with Crippen LogP contribution in [0.25, 0.3) is 0 Å². The monoisotopic (exact) mass is 277 g/mol. The van der Waals surface area contributed by atoms with E-state index in [-0.39, 0.29) is 11.1 Å². The van der Waals surface area contributed by atoms with Crippen LogP contribution in [0.1, 0.15) is 12.8 Å². The number of hydrogen-bond donors (Lipinski definition) is 1. The zero-order valence-corrected chi connectivity index (χ0v) is 11.0. The van der Waals surface area contributed by atoms with Crippen LogP contribution in [0.2, 0.25) is 5.28 Å². The lowest BCUT2D eigenvalue weighted by Crippen LogP contribution is -2.08. The number of anilines is 1. The SMILES string of the molecule is COCCOCCCCNc1nc(Cl)ncc1F. The lowest BCUT2D eigenvalue weighted by Gasteiger charge is -2.06. The Morgan fingerprint density at radius 1 is 1.33 bits per heavy atom. The Morgan fingerprint density at radius 2 is 2.17 bits per heavy atom. The summed E-state index contributed by atoms with van der Waals surface area (Å²) in [4.78, 5) is 7.28. The van der Waals surface area contributed by atoms with Crippen LogP contribution >= 0.6 is 11.6 Å². The number of rotatable bonds is 9. The second-order valence-corrected chi connectivity index (χ2v) is 3.91. The van der Waals surface area contributed by atoms with Gasteiger partial charge in [-0.15, -0.1) is 0 Å². The summed E-state index contributed by atoms with van der Waals surface area (Å²) >= 11 is 5.57. The fraction of sp³-hybridized carbons (Fsp3) is 0.636. The fourth-order valence-corrected chi connectivity index (χ4v) is 1.38. The summed E-state index contributed by atoms with van der Waals surface area (Å²) in [7, 11) is 1.63. The highest BCUT2D eigenvalue weighted by molar-refractivity contribution is 6.28. The highest BCUT2D eigenvalue weighted by atomic mass is 35.5. The number of ether oxygens (including phenoxy) is 2. The predicted octanol–water partition coefficient (Wildman–Crippen LogP) is 2.12. The van der Waals surface area contributed by atoms with Crippen molar-refractivity contribution in [3.8, 4) is 0 Å². The first-order chi connectivity index (χ1) is 8.74. The van der Waals surface area contributed by atoms with Crippen molar-refractivity contribution in [2.75, 3.05) is 38.8 Å². The topological polar surface area (TPSA) is 56.3 Å². The molecule has 0 unspecified atom stereocenters. The molecule has 0 spiro atoms. The fourth-order valence-electron chi connectivity index (χ4n) is 1.25. The number of unbranched alkanes of at least 4 members (excludes halogenated alkanes) is 1. The van der Waals surface area contributed by atoms with Gasteiger partial charge in [0.2, 0.25) is 5.28 Å². The van der Waals surface area contributed by atoms with Gasteiger partial charge in [0.25, 0.3) is 0 Å². The number of nitrogens with zero attached hydrogens (tertiary/aromatic N) is 2. The second-order valence-electron chi connectivity index (χ2n) is 3.57. The van der Waals surface area contributed by atoms with Crippen molar-refractivity contribution >= 4 is 17.4 Å². The molecule has 5 nitrogen and oxygen atoms in total. The quantitative estimate of drug-likeness (QED) is 0.553. The molecule has 7 heteroatoms. The molecule has 18 heavy (non-hydrogen) atoms. The van der Waals surface area contributed by atoms with Crippen molar-refractivity contribution in [1.82, 2.24) is 9.97 Å². The highest BCUT2D eigenvalue weighted by Crippen LogP contribution is 2.11. The molecule has 1 rings (SSSR count). The molecule has 0 saturated heterocycles. The van der Waals surface area contributed by atoms with Gasteiger partial charge in [-0.3, -0.25) is 0 Å². The third kappa shape index (κ3) is 6.09. The molecule has 1 aromatic rings. The van der Waals surface area contributed by atoms with Gasteiger partial charge < -0.3 is 14.8 Å². The third-order valence-corrected chi connectivity index (χ3v) is 2.34. The Morgan fingerprint density at radius 3 is 2.94 bits per heavy atom. The molecule has 0 fully saturated rings. The Balaban J connectivity index is 2.09. The summed E-state index contributed by atoms with van der Waals surface area (Å²) in [6.07, 6.45) is 2.79. The predicted molar refractivity (Wildman–Crippen MR) is 67.4 cm³/mol. The first-order valence-corrected chi connectivity index (χ1v) is 6.10. The molecule has 102 valence electrons. The van der Waals surface area contributed by atoms with E-state index in [1.54, 1.807) is 7.11 Å². The number of halogens is 2. The molecule has 0 amide bonds. The minimum atomic E-state index is -0.504. The molecule has 0 aromatic carbocycles. The normalized spacial score (nSPS) is 10.6. The van der Waals surface area contributed by atoms with Gasteiger partial charge in [0.1, 0.15) is 0 Å². The molecule has 0 radical (unpaired) electrons. The second kappa shape index (κ2) is 9.02. The third-order valence-electron chi connectivity index (χ3n) is 2.15. The van der Waals surface area contributed by atoms with Crippen LogP contribution in [0.15, 0.2) is 6.20 Å². The van der Waals surface area contributed by atoms with Crippen molar-refractivity contribution in [3.63, 3.8) is 0 Å². The Labute approximate surface area is 111 Å². The van der Waals surface area contributed by atoms with Crippen molar-refractivity contribution in [2.24, 2.45) is 0 Å². The minimum absolute atomic E-state index is 0.0294. The van der Waals surface area contributed by atoms with Gasteiger partial charge in [0.15, 0.2) is 11.6 Å². The molecule has 1 heterocycles. The van der Waals surface area contributed by atoms with E-state index < -0.39 is 5.82 Å². The Kier molecular flexibility index (Phi) is 7.55. The van der Waals surface area contributed by atoms with E-state index in [1.807, 2.05) is 0 Å². The van der Waals surface area contributed by atoms with E-state index in [1.165, 1.54) is 0 Å². The summed E-state index contributed by atoms with van der Waals surface area (Å²) in [5.74, 6) is -0.369. The van der Waals surface area contributed by atoms with E-state index in [0.717, 1.165) is 19.0 Å². The van der Waals surface area contributed by atoms with Gasteiger partial charge in [-0.1, -0.05) is 0 Å². The van der Waals surface area contributed by atoms with Crippen molar-refractivity contribution in [2.45, 2.75) is 12.8 Å². The molecule has 0 aliphatic carbocycles. The van der Waals surface area contributed by atoms with Crippen LogP contribution in [-0.2, 0) is 9.47 Å². The van der Waals surface area contributed by atoms with Crippen LogP contribution in [0, 0.1) is 5.82 Å². The van der Waals surface area contributed by atoms with Gasteiger partial charge >= 0.3 is 0 Å². The zero-order valence-electron chi connectivity index (χ0n) is 10.3. The van der Waals surface area contributed by atoms with Gasteiger partial charge in [-0.25, -0.2) is 9.37 Å². The molecule has 1 aromatic heterocycles. The van der Waals surface area contributed by atoms with Crippen LogP contribution in [0.5, 0.6) is 0 Å². The van der Waals surface area contributed by atoms with E-state index in [2.05, 4.69) is 15.3 Å². The smallest absolute Gasteiger partial charge is 0.224 e. The standard InChI is InChI=1S/C11H17ClFN3O2/c1-17-6-7-18-5-3-2-4-14-10-9(13)8-15-11(12)16-10/h8H,2-7H2,1H3,(H,14,15,16). The number of aromatic nitrogens is 2. The average molecular weight is 278 g/mol. The maximum atomic E-state index is 13.2. The number of hydrogen-bond acceptors (Lipinski definition) is 5. The molecule has 0 atom stereocenters. The lowest BCUT2D eigenvalue weighted by molar-refractivity contribution is 0.0691. The molecule has 1 N–H and O–H groups in total. The summed E-state index contributed by atoms with van der Waals surface area (Å²) in [5, 5.41) is 2.89. The molecular weight excluding hydrogens is 261 g/mol. The van der Waals surface area contributed by atoms with E-state index in [9.17, 15) is 4.39 Å². The first kappa shape index (κ1) is 15.1. The Bertz CT molecular complexity index is 355. The molecular formula is C11H17ClFN3O2. The van der Waals surface area contributed by atoms with Gasteiger partial charge in [-0.05, 0) is 24.4 Å². The highest BCUT2D eigenvalue weighted by Gasteiger charge is 2.04. The molecule has 0 aliphatic heterocycles. The first-order valence-electron chi connectivity index (χ1n) is 5.72. The van der Waals surface area contributed by atoms with Gasteiger partial charge in [-0.2, -0.15) is 4.98 Å².